The highest BCUT2D eigenvalue weighted by Gasteiger charge is 2.03. The molecule has 4 heteroatoms. The molecule has 2 N–H and O–H groups in total. The third kappa shape index (κ3) is 3.81. The van der Waals surface area contributed by atoms with E-state index in [1.54, 1.807) is 12.3 Å². The number of carboxylic acid groups (broad SMARTS) is 1. The number of benzene rings is 1. The van der Waals surface area contributed by atoms with Gasteiger partial charge < -0.3 is 10.4 Å². The minimum atomic E-state index is -1.01. The number of pyridine rings is 1. The van der Waals surface area contributed by atoms with Gasteiger partial charge in [-0.1, -0.05) is 29.8 Å². The Labute approximate surface area is 112 Å². The van der Waals surface area contributed by atoms with Crippen LogP contribution in [0.1, 0.15) is 21.6 Å². The first-order valence-corrected chi connectivity index (χ1v) is 6.14. The third-order valence-corrected chi connectivity index (χ3v) is 2.81. The molecule has 0 saturated heterocycles. The van der Waals surface area contributed by atoms with Gasteiger partial charge in [0.05, 0.1) is 11.9 Å². The number of hydrogen-bond donors (Lipinski definition) is 2. The van der Waals surface area contributed by atoms with Crippen molar-refractivity contribution in [2.75, 3.05) is 11.9 Å². The lowest BCUT2D eigenvalue weighted by Gasteiger charge is -2.06. The average Bonchev–Trinajstić information content (AvgIpc) is 2.39. The van der Waals surface area contributed by atoms with Crippen LogP contribution in [0.5, 0.6) is 0 Å². The zero-order valence-electron chi connectivity index (χ0n) is 10.8. The second-order valence-electron chi connectivity index (χ2n) is 4.40. The highest BCUT2D eigenvalue weighted by molar-refractivity contribution is 5.85. The lowest BCUT2D eigenvalue weighted by Crippen LogP contribution is -2.06. The number of nitrogens with one attached hydrogen (secondary N) is 1. The molecule has 0 aliphatic carbocycles. The predicted molar refractivity (Wildman–Crippen MR) is 74.6 cm³/mol. The van der Waals surface area contributed by atoms with Crippen LogP contribution in [0, 0.1) is 6.92 Å². The molecule has 1 aromatic heterocycles. The maximum atomic E-state index is 10.7. The van der Waals surface area contributed by atoms with Gasteiger partial charge >= 0.3 is 5.97 Å². The molecule has 2 rings (SSSR count). The van der Waals surface area contributed by atoms with Crippen LogP contribution in [0.4, 0.5) is 5.69 Å². The molecule has 0 saturated carbocycles. The largest absolute Gasteiger partial charge is 0.477 e. The van der Waals surface area contributed by atoms with E-state index in [-0.39, 0.29) is 5.69 Å². The van der Waals surface area contributed by atoms with Gasteiger partial charge in [0.2, 0.25) is 0 Å². The van der Waals surface area contributed by atoms with Gasteiger partial charge in [-0.2, -0.15) is 0 Å². The Balaban J connectivity index is 1.87. The topological polar surface area (TPSA) is 62.2 Å². The first-order valence-electron chi connectivity index (χ1n) is 6.14. The molecule has 0 fully saturated rings. The molecular weight excluding hydrogens is 240 g/mol. The summed E-state index contributed by atoms with van der Waals surface area (Å²) in [6, 6.07) is 11.6. The molecule has 0 spiro atoms. The van der Waals surface area contributed by atoms with Crippen LogP contribution >= 0.6 is 0 Å². The fourth-order valence-electron chi connectivity index (χ4n) is 1.84. The van der Waals surface area contributed by atoms with Crippen molar-refractivity contribution in [2.45, 2.75) is 13.3 Å². The first-order chi connectivity index (χ1) is 9.15. The van der Waals surface area contributed by atoms with Crippen LogP contribution in [0.3, 0.4) is 0 Å². The van der Waals surface area contributed by atoms with Gasteiger partial charge in [0.15, 0.2) is 0 Å². The van der Waals surface area contributed by atoms with E-state index < -0.39 is 5.97 Å². The Morgan fingerprint density at radius 3 is 2.79 bits per heavy atom. The van der Waals surface area contributed by atoms with Crippen LogP contribution in [0.25, 0.3) is 0 Å². The van der Waals surface area contributed by atoms with Gasteiger partial charge in [-0.15, -0.1) is 0 Å². The Kier molecular flexibility index (Phi) is 4.13. The molecule has 0 amide bonds. The summed E-state index contributed by atoms with van der Waals surface area (Å²) in [6.07, 6.45) is 2.46. The molecule has 1 heterocycles. The van der Waals surface area contributed by atoms with Crippen LogP contribution in [0.2, 0.25) is 0 Å². The maximum absolute atomic E-state index is 10.7. The number of hydrogen-bond acceptors (Lipinski definition) is 3. The van der Waals surface area contributed by atoms with E-state index in [0.717, 1.165) is 18.7 Å². The molecule has 19 heavy (non-hydrogen) atoms. The minimum absolute atomic E-state index is 0.0595. The van der Waals surface area contributed by atoms with Gasteiger partial charge in [0.25, 0.3) is 0 Å². The third-order valence-electron chi connectivity index (χ3n) is 2.81. The number of rotatable bonds is 5. The molecule has 1 aromatic carbocycles. The first kappa shape index (κ1) is 13.1. The highest BCUT2D eigenvalue weighted by Crippen LogP contribution is 2.08. The molecule has 0 aliphatic rings. The number of nitrogens with zero attached hydrogens (tertiary/aromatic N) is 1. The van der Waals surface area contributed by atoms with Crippen LogP contribution < -0.4 is 5.32 Å². The van der Waals surface area contributed by atoms with Crippen molar-refractivity contribution in [3.63, 3.8) is 0 Å². The van der Waals surface area contributed by atoms with Crippen LogP contribution in [-0.2, 0) is 6.42 Å². The van der Waals surface area contributed by atoms with Crippen molar-refractivity contribution in [1.29, 1.82) is 0 Å². The Morgan fingerprint density at radius 2 is 2.16 bits per heavy atom. The van der Waals surface area contributed by atoms with Crippen molar-refractivity contribution in [1.82, 2.24) is 4.98 Å². The summed E-state index contributed by atoms with van der Waals surface area (Å²) in [5.41, 5.74) is 3.43. The number of aryl methyl sites for hydroxylation is 1. The van der Waals surface area contributed by atoms with E-state index >= 15 is 0 Å². The lowest BCUT2D eigenvalue weighted by molar-refractivity contribution is 0.0690. The van der Waals surface area contributed by atoms with E-state index in [0.29, 0.717) is 0 Å². The molecule has 0 unspecified atom stereocenters. The summed E-state index contributed by atoms with van der Waals surface area (Å²) < 4.78 is 0. The second kappa shape index (κ2) is 6.00. The Hall–Kier alpha value is -2.36. The summed E-state index contributed by atoms with van der Waals surface area (Å²) in [6.45, 7) is 2.86. The smallest absolute Gasteiger partial charge is 0.354 e. The zero-order valence-corrected chi connectivity index (χ0v) is 10.8. The number of carboxylic acids is 1. The van der Waals surface area contributed by atoms with Gasteiger partial charge in [0, 0.05) is 6.54 Å². The lowest BCUT2D eigenvalue weighted by atomic mass is 10.1. The van der Waals surface area contributed by atoms with Gasteiger partial charge in [-0.3, -0.25) is 0 Å². The fraction of sp³-hybridized carbons (Fsp3) is 0.200. The Morgan fingerprint density at radius 1 is 1.32 bits per heavy atom. The summed E-state index contributed by atoms with van der Waals surface area (Å²) in [5.74, 6) is -1.01. The van der Waals surface area contributed by atoms with Gasteiger partial charge in [-0.05, 0) is 31.0 Å². The number of aromatic carboxylic acids is 1. The van der Waals surface area contributed by atoms with E-state index in [9.17, 15) is 4.79 Å². The minimum Gasteiger partial charge on any atom is -0.477 e. The Bertz CT molecular complexity index is 565. The number of anilines is 1. The molecule has 2 aromatic rings. The van der Waals surface area contributed by atoms with Crippen molar-refractivity contribution in [3.8, 4) is 0 Å². The fourth-order valence-corrected chi connectivity index (χ4v) is 1.84. The van der Waals surface area contributed by atoms with Crippen LogP contribution in [0.15, 0.2) is 42.6 Å². The monoisotopic (exact) mass is 256 g/mol. The van der Waals surface area contributed by atoms with Gasteiger partial charge in [-0.25, -0.2) is 9.78 Å². The summed E-state index contributed by atoms with van der Waals surface area (Å²) in [7, 11) is 0. The normalized spacial score (nSPS) is 10.2. The van der Waals surface area contributed by atoms with Crippen molar-refractivity contribution in [3.05, 3.63) is 59.4 Å². The summed E-state index contributed by atoms with van der Waals surface area (Å²) >= 11 is 0. The van der Waals surface area contributed by atoms with Crippen molar-refractivity contribution in [2.24, 2.45) is 0 Å². The highest BCUT2D eigenvalue weighted by atomic mass is 16.4. The van der Waals surface area contributed by atoms with E-state index in [4.69, 9.17) is 5.11 Å². The SMILES string of the molecule is Cc1cccc(CCNc2ccc(C(=O)O)nc2)c1. The van der Waals surface area contributed by atoms with Crippen molar-refractivity contribution < 1.29 is 9.90 Å². The molecule has 0 atom stereocenters. The maximum Gasteiger partial charge on any atom is 0.354 e. The van der Waals surface area contributed by atoms with E-state index in [1.165, 1.54) is 17.2 Å². The predicted octanol–water partition coefficient (Wildman–Crippen LogP) is 2.74. The second-order valence-corrected chi connectivity index (χ2v) is 4.40. The zero-order chi connectivity index (χ0) is 13.7. The molecule has 0 aliphatic heterocycles. The molecule has 98 valence electrons. The average molecular weight is 256 g/mol. The van der Waals surface area contributed by atoms with Crippen LogP contribution in [-0.4, -0.2) is 22.6 Å². The molecular formula is C15H16N2O2. The summed E-state index contributed by atoms with van der Waals surface area (Å²) in [5, 5.41) is 12.0. The number of aromatic nitrogens is 1. The number of carbonyl (C=O) groups is 1. The molecule has 4 nitrogen and oxygen atoms in total. The molecule has 0 bridgehead atoms. The van der Waals surface area contributed by atoms with Crippen molar-refractivity contribution >= 4 is 11.7 Å². The van der Waals surface area contributed by atoms with Gasteiger partial charge in [0.1, 0.15) is 5.69 Å². The standard InChI is InChI=1S/C15H16N2O2/c1-11-3-2-4-12(9-11)7-8-16-13-5-6-14(15(18)19)17-10-13/h2-6,9-10,16H,7-8H2,1H3,(H,18,19). The quantitative estimate of drug-likeness (QED) is 0.863. The van der Waals surface area contributed by atoms with E-state index in [1.807, 2.05) is 6.07 Å². The summed E-state index contributed by atoms with van der Waals surface area (Å²) in [4.78, 5) is 14.5. The molecule has 0 radical (unpaired) electrons. The van der Waals surface area contributed by atoms with E-state index in [2.05, 4.69) is 35.4 Å².